The van der Waals surface area contributed by atoms with Crippen LogP contribution >= 0.6 is 0 Å². The molecule has 0 saturated carbocycles. The minimum atomic E-state index is -3.05. The van der Waals surface area contributed by atoms with Crippen LogP contribution < -0.4 is 10.0 Å². The third-order valence-corrected chi connectivity index (χ3v) is 4.34. The molecule has 0 aliphatic rings. The van der Waals surface area contributed by atoms with Crippen molar-refractivity contribution in [2.75, 3.05) is 25.4 Å². The Bertz CT molecular complexity index is 266. The Labute approximate surface area is 113 Å². The van der Waals surface area contributed by atoms with Gasteiger partial charge in [0.1, 0.15) is 0 Å². The van der Waals surface area contributed by atoms with E-state index in [0.29, 0.717) is 13.0 Å². The Morgan fingerprint density at radius 1 is 0.833 bits per heavy atom. The average molecular weight is 278 g/mol. The third-order valence-electron chi connectivity index (χ3n) is 2.87. The van der Waals surface area contributed by atoms with Crippen LogP contribution in [0.3, 0.4) is 0 Å². The lowest BCUT2D eigenvalue weighted by Gasteiger charge is -2.06. The molecule has 0 unspecified atom stereocenters. The largest absolute Gasteiger partial charge is 0.317 e. The Morgan fingerprint density at radius 2 is 1.50 bits per heavy atom. The molecule has 2 N–H and O–H groups in total. The van der Waals surface area contributed by atoms with Crippen molar-refractivity contribution >= 4 is 10.0 Å². The van der Waals surface area contributed by atoms with Crippen molar-refractivity contribution in [2.45, 2.75) is 58.8 Å². The van der Waals surface area contributed by atoms with Crippen molar-refractivity contribution < 1.29 is 8.42 Å². The normalized spacial score (nSPS) is 11.9. The van der Waals surface area contributed by atoms with Gasteiger partial charge in [0.2, 0.25) is 10.0 Å². The highest BCUT2D eigenvalue weighted by Crippen LogP contribution is 2.04. The first-order valence-corrected chi connectivity index (χ1v) is 8.95. The van der Waals surface area contributed by atoms with Gasteiger partial charge in [-0.25, -0.2) is 13.1 Å². The van der Waals surface area contributed by atoms with Gasteiger partial charge in [0.25, 0.3) is 0 Å². The summed E-state index contributed by atoms with van der Waals surface area (Å²) in [5, 5.41) is 3.12. The topological polar surface area (TPSA) is 58.2 Å². The molecule has 0 aliphatic carbocycles. The molecule has 0 aromatic heterocycles. The SMILES string of the molecule is CCCCCCCCNS(=O)(=O)CCCNCC. The third kappa shape index (κ3) is 12.3. The zero-order valence-corrected chi connectivity index (χ0v) is 12.8. The van der Waals surface area contributed by atoms with Gasteiger partial charge in [0, 0.05) is 6.54 Å². The van der Waals surface area contributed by atoms with Crippen LogP contribution in [0, 0.1) is 0 Å². The van der Waals surface area contributed by atoms with Crippen LogP contribution in [0.1, 0.15) is 58.8 Å². The number of hydrogen-bond acceptors (Lipinski definition) is 3. The highest BCUT2D eigenvalue weighted by Gasteiger charge is 2.08. The zero-order chi connectivity index (χ0) is 13.7. The number of nitrogens with one attached hydrogen (secondary N) is 2. The standard InChI is InChI=1S/C13H30N2O2S/c1-3-5-6-7-8-9-12-15-18(16,17)13-10-11-14-4-2/h14-15H,3-13H2,1-2H3. The fourth-order valence-electron chi connectivity index (χ4n) is 1.77. The number of unbranched alkanes of at least 4 members (excludes halogenated alkanes) is 5. The summed E-state index contributed by atoms with van der Waals surface area (Å²) in [6.07, 6.45) is 7.78. The summed E-state index contributed by atoms with van der Waals surface area (Å²) >= 11 is 0. The second kappa shape index (κ2) is 11.9. The first kappa shape index (κ1) is 17.9. The summed E-state index contributed by atoms with van der Waals surface area (Å²) < 4.78 is 25.9. The molecular formula is C13H30N2O2S. The lowest BCUT2D eigenvalue weighted by Crippen LogP contribution is -2.29. The van der Waals surface area contributed by atoms with Crippen LogP contribution in [0.2, 0.25) is 0 Å². The molecule has 0 bridgehead atoms. The molecule has 4 nitrogen and oxygen atoms in total. The summed E-state index contributed by atoms with van der Waals surface area (Å²) in [6, 6.07) is 0. The van der Waals surface area contributed by atoms with Gasteiger partial charge in [-0.3, -0.25) is 0 Å². The molecule has 0 amide bonds. The lowest BCUT2D eigenvalue weighted by molar-refractivity contribution is 0.563. The maximum absolute atomic E-state index is 11.6. The van der Waals surface area contributed by atoms with Gasteiger partial charge in [-0.05, 0) is 25.9 Å². The maximum Gasteiger partial charge on any atom is 0.211 e. The smallest absolute Gasteiger partial charge is 0.211 e. The van der Waals surface area contributed by atoms with Crippen LogP contribution in [0.25, 0.3) is 0 Å². The van der Waals surface area contributed by atoms with Crippen LogP contribution in [0.15, 0.2) is 0 Å². The average Bonchev–Trinajstić information content (AvgIpc) is 2.34. The number of hydrogen-bond donors (Lipinski definition) is 2. The summed E-state index contributed by atoms with van der Waals surface area (Å²) in [5.74, 6) is 0.232. The fourth-order valence-corrected chi connectivity index (χ4v) is 2.89. The summed E-state index contributed by atoms with van der Waals surface area (Å²) in [6.45, 7) is 6.47. The first-order chi connectivity index (χ1) is 8.62. The van der Waals surface area contributed by atoms with Gasteiger partial charge in [-0.1, -0.05) is 46.0 Å². The predicted octanol–water partition coefficient (Wildman–Crippen LogP) is 2.27. The Hall–Kier alpha value is -0.130. The second-order valence-electron chi connectivity index (χ2n) is 4.69. The molecule has 110 valence electrons. The van der Waals surface area contributed by atoms with Crippen molar-refractivity contribution in [3.8, 4) is 0 Å². The van der Waals surface area contributed by atoms with E-state index in [4.69, 9.17) is 0 Å². The van der Waals surface area contributed by atoms with Crippen LogP contribution in [-0.4, -0.2) is 33.8 Å². The Balaban J connectivity index is 3.41. The molecule has 0 radical (unpaired) electrons. The van der Waals surface area contributed by atoms with E-state index in [1.807, 2.05) is 6.92 Å². The second-order valence-corrected chi connectivity index (χ2v) is 6.61. The van der Waals surface area contributed by atoms with Crippen molar-refractivity contribution in [1.82, 2.24) is 10.0 Å². The van der Waals surface area contributed by atoms with Crippen molar-refractivity contribution in [2.24, 2.45) is 0 Å². The van der Waals surface area contributed by atoms with Gasteiger partial charge in [-0.2, -0.15) is 0 Å². The molecule has 5 heteroatoms. The van der Waals surface area contributed by atoms with E-state index in [-0.39, 0.29) is 5.75 Å². The van der Waals surface area contributed by atoms with Crippen LogP contribution in [-0.2, 0) is 10.0 Å². The van der Waals surface area contributed by atoms with Crippen molar-refractivity contribution in [3.63, 3.8) is 0 Å². The summed E-state index contributed by atoms with van der Waals surface area (Å²) in [4.78, 5) is 0. The fraction of sp³-hybridized carbons (Fsp3) is 1.00. The van der Waals surface area contributed by atoms with Gasteiger partial charge < -0.3 is 5.32 Å². The van der Waals surface area contributed by atoms with Gasteiger partial charge in [-0.15, -0.1) is 0 Å². The maximum atomic E-state index is 11.6. The van der Waals surface area contributed by atoms with E-state index in [0.717, 1.165) is 25.9 Å². The number of sulfonamides is 1. The molecule has 0 atom stereocenters. The molecule has 0 fully saturated rings. The molecule has 0 heterocycles. The van der Waals surface area contributed by atoms with Crippen LogP contribution in [0.5, 0.6) is 0 Å². The molecule has 18 heavy (non-hydrogen) atoms. The predicted molar refractivity (Wildman–Crippen MR) is 78.3 cm³/mol. The molecule has 0 aromatic rings. The molecule has 0 aromatic carbocycles. The van der Waals surface area contributed by atoms with E-state index in [9.17, 15) is 8.42 Å². The van der Waals surface area contributed by atoms with E-state index < -0.39 is 10.0 Å². The lowest BCUT2D eigenvalue weighted by atomic mass is 10.1. The zero-order valence-electron chi connectivity index (χ0n) is 12.0. The molecule has 0 rings (SSSR count). The number of rotatable bonds is 13. The Kier molecular flexibility index (Phi) is 11.8. The monoisotopic (exact) mass is 278 g/mol. The summed E-state index contributed by atoms with van der Waals surface area (Å²) in [7, 11) is -3.05. The minimum Gasteiger partial charge on any atom is -0.317 e. The summed E-state index contributed by atoms with van der Waals surface area (Å²) in [5.41, 5.74) is 0. The van der Waals surface area contributed by atoms with E-state index in [1.54, 1.807) is 0 Å². The van der Waals surface area contributed by atoms with Gasteiger partial charge >= 0.3 is 0 Å². The highest BCUT2D eigenvalue weighted by atomic mass is 32.2. The van der Waals surface area contributed by atoms with Crippen molar-refractivity contribution in [1.29, 1.82) is 0 Å². The van der Waals surface area contributed by atoms with Crippen LogP contribution in [0.4, 0.5) is 0 Å². The quantitative estimate of drug-likeness (QED) is 0.508. The minimum absolute atomic E-state index is 0.232. The van der Waals surface area contributed by atoms with E-state index >= 15 is 0 Å². The molecular weight excluding hydrogens is 248 g/mol. The highest BCUT2D eigenvalue weighted by molar-refractivity contribution is 7.89. The molecule has 0 spiro atoms. The van der Waals surface area contributed by atoms with E-state index in [2.05, 4.69) is 17.0 Å². The van der Waals surface area contributed by atoms with Crippen molar-refractivity contribution in [3.05, 3.63) is 0 Å². The Morgan fingerprint density at radius 3 is 2.17 bits per heavy atom. The first-order valence-electron chi connectivity index (χ1n) is 7.30. The molecule has 0 aliphatic heterocycles. The van der Waals surface area contributed by atoms with Gasteiger partial charge in [0.15, 0.2) is 0 Å². The van der Waals surface area contributed by atoms with E-state index in [1.165, 1.54) is 25.7 Å². The van der Waals surface area contributed by atoms with Gasteiger partial charge in [0.05, 0.1) is 5.75 Å². The molecule has 0 saturated heterocycles.